The van der Waals surface area contributed by atoms with E-state index in [4.69, 9.17) is 16.3 Å². The second kappa shape index (κ2) is 10.7. The van der Waals surface area contributed by atoms with Crippen LogP contribution in [0.15, 0.2) is 53.8 Å². The second-order valence-electron chi connectivity index (χ2n) is 8.55. The van der Waals surface area contributed by atoms with Crippen molar-refractivity contribution >= 4 is 33.4 Å². The number of nitrogens with zero attached hydrogens (tertiary/aromatic N) is 2. The summed E-state index contributed by atoms with van der Waals surface area (Å²) in [6.07, 6.45) is 1.80. The number of halogens is 2. The van der Waals surface area contributed by atoms with Crippen LogP contribution in [0.1, 0.15) is 39.0 Å². The minimum atomic E-state index is -3.34. The van der Waals surface area contributed by atoms with Gasteiger partial charge in [0, 0.05) is 23.4 Å². The molecule has 0 fully saturated rings. The second-order valence-corrected chi connectivity index (χ2v) is 12.3. The minimum Gasteiger partial charge on any atom is -0.495 e. The van der Waals surface area contributed by atoms with Crippen molar-refractivity contribution < 1.29 is 17.5 Å². The number of sulfonamides is 1. The van der Waals surface area contributed by atoms with Crippen molar-refractivity contribution in [3.05, 3.63) is 70.8 Å². The summed E-state index contributed by atoms with van der Waals surface area (Å²) in [5.74, 6) is 0.732. The molecular weight excluding hydrogens is 497 g/mol. The number of thioether (sulfide) groups is 1. The molecule has 3 aromatic rings. The third kappa shape index (κ3) is 5.76. The van der Waals surface area contributed by atoms with Gasteiger partial charge in [-0.05, 0) is 55.8 Å². The minimum absolute atomic E-state index is 0.272. The molecule has 0 saturated carbocycles. The summed E-state index contributed by atoms with van der Waals surface area (Å²) in [6, 6.07) is 11.9. The molecule has 0 saturated heterocycles. The van der Waals surface area contributed by atoms with Gasteiger partial charge in [0.25, 0.3) is 0 Å². The highest BCUT2D eigenvalue weighted by Crippen LogP contribution is 2.38. The van der Waals surface area contributed by atoms with Gasteiger partial charge in [-0.25, -0.2) is 22.5 Å². The van der Waals surface area contributed by atoms with Gasteiger partial charge in [-0.3, -0.25) is 4.57 Å². The third-order valence-electron chi connectivity index (χ3n) is 5.58. The van der Waals surface area contributed by atoms with Crippen molar-refractivity contribution in [3.8, 4) is 11.4 Å². The zero-order valence-corrected chi connectivity index (χ0v) is 22.2. The Hall–Kier alpha value is -2.07. The molecule has 2 aromatic carbocycles. The lowest BCUT2D eigenvalue weighted by Crippen LogP contribution is -2.32. The van der Waals surface area contributed by atoms with Crippen molar-refractivity contribution in [2.75, 3.05) is 19.4 Å². The van der Waals surface area contributed by atoms with Crippen LogP contribution in [-0.2, 0) is 15.4 Å². The number of benzene rings is 2. The summed E-state index contributed by atoms with van der Waals surface area (Å²) in [6.45, 7) is 7.68. The molecule has 34 heavy (non-hydrogen) atoms. The Labute approximate surface area is 209 Å². The van der Waals surface area contributed by atoms with Crippen LogP contribution in [0.25, 0.3) is 5.69 Å². The van der Waals surface area contributed by atoms with Crippen LogP contribution in [0.4, 0.5) is 4.39 Å². The molecule has 0 aliphatic heterocycles. The average molecular weight is 526 g/mol. The number of hydrogen-bond donors (Lipinski definition) is 1. The molecule has 1 aromatic heterocycles. The van der Waals surface area contributed by atoms with Gasteiger partial charge in [-0.15, -0.1) is 0 Å². The number of methoxy groups -OCH3 is 1. The number of rotatable bonds is 10. The van der Waals surface area contributed by atoms with E-state index >= 15 is 0 Å². The summed E-state index contributed by atoms with van der Waals surface area (Å²) >= 11 is 7.66. The van der Waals surface area contributed by atoms with Crippen LogP contribution in [0.5, 0.6) is 5.75 Å². The van der Waals surface area contributed by atoms with Crippen molar-refractivity contribution in [1.29, 1.82) is 0 Å². The first-order valence-electron chi connectivity index (χ1n) is 10.8. The number of imidazole rings is 1. The Kier molecular flexibility index (Phi) is 8.34. The lowest BCUT2D eigenvalue weighted by molar-refractivity contribution is 0.413. The van der Waals surface area contributed by atoms with Gasteiger partial charge < -0.3 is 4.74 Å². The lowest BCUT2D eigenvalue weighted by atomic mass is 9.81. The van der Waals surface area contributed by atoms with E-state index < -0.39 is 20.7 Å². The predicted octanol–water partition coefficient (Wildman–Crippen LogP) is 5.42. The van der Waals surface area contributed by atoms with Crippen LogP contribution in [0.3, 0.4) is 0 Å². The number of aromatic nitrogens is 2. The standard InChI is InChI=1S/C24H29ClFN3O3S2/c1-16(2)34(30,31)28-12-13-33-23-27-15-22(29(23)19-9-7-18(26)8-10-19)24(3,4)17-6-11-20(25)21(14-17)32-5/h6-11,14-16,28H,12-13H2,1-5H3. The van der Waals surface area contributed by atoms with Crippen molar-refractivity contribution in [2.45, 2.75) is 43.5 Å². The molecule has 0 aliphatic rings. The van der Waals surface area contributed by atoms with Gasteiger partial charge in [0.15, 0.2) is 5.16 Å². The highest BCUT2D eigenvalue weighted by molar-refractivity contribution is 7.99. The van der Waals surface area contributed by atoms with Gasteiger partial charge in [-0.2, -0.15) is 0 Å². The lowest BCUT2D eigenvalue weighted by Gasteiger charge is -2.28. The summed E-state index contributed by atoms with van der Waals surface area (Å²) in [5.41, 5.74) is 2.11. The molecule has 6 nitrogen and oxygen atoms in total. The van der Waals surface area contributed by atoms with E-state index in [-0.39, 0.29) is 12.4 Å². The molecule has 3 rings (SSSR count). The fraction of sp³-hybridized carbons (Fsp3) is 0.375. The Morgan fingerprint density at radius 3 is 2.50 bits per heavy atom. The van der Waals surface area contributed by atoms with Gasteiger partial charge in [0.05, 0.1) is 29.3 Å². The highest BCUT2D eigenvalue weighted by atomic mass is 35.5. The van der Waals surface area contributed by atoms with Gasteiger partial charge in [-0.1, -0.05) is 43.3 Å². The first kappa shape index (κ1) is 26.5. The SMILES string of the molecule is COc1cc(C(C)(C)c2cnc(SCCNS(=O)(=O)C(C)C)n2-c2ccc(F)cc2)ccc1Cl. The fourth-order valence-electron chi connectivity index (χ4n) is 3.41. The smallest absolute Gasteiger partial charge is 0.213 e. The number of hydrogen-bond acceptors (Lipinski definition) is 5. The van der Waals surface area contributed by atoms with Crippen LogP contribution in [0, 0.1) is 5.82 Å². The average Bonchev–Trinajstić information content (AvgIpc) is 3.22. The predicted molar refractivity (Wildman–Crippen MR) is 136 cm³/mol. The summed E-state index contributed by atoms with van der Waals surface area (Å²) < 4.78 is 47.7. The van der Waals surface area contributed by atoms with Crippen molar-refractivity contribution in [2.24, 2.45) is 0 Å². The normalized spacial score (nSPS) is 12.4. The van der Waals surface area contributed by atoms with Crippen molar-refractivity contribution in [1.82, 2.24) is 14.3 Å². The van der Waals surface area contributed by atoms with Gasteiger partial charge >= 0.3 is 0 Å². The third-order valence-corrected chi connectivity index (χ3v) is 8.70. The highest BCUT2D eigenvalue weighted by Gasteiger charge is 2.30. The topological polar surface area (TPSA) is 73.2 Å². The van der Waals surface area contributed by atoms with E-state index in [0.29, 0.717) is 21.7 Å². The van der Waals surface area contributed by atoms with Gasteiger partial charge in [0.2, 0.25) is 10.0 Å². The zero-order chi connectivity index (χ0) is 25.1. The molecule has 10 heteroatoms. The maximum Gasteiger partial charge on any atom is 0.213 e. The summed E-state index contributed by atoms with van der Waals surface area (Å²) in [7, 11) is -1.77. The first-order valence-corrected chi connectivity index (χ1v) is 13.7. The van der Waals surface area contributed by atoms with E-state index in [9.17, 15) is 12.8 Å². The van der Waals surface area contributed by atoms with Crippen molar-refractivity contribution in [3.63, 3.8) is 0 Å². The quantitative estimate of drug-likeness (QED) is 0.282. The van der Waals surface area contributed by atoms with E-state index in [1.165, 1.54) is 23.9 Å². The molecular formula is C24H29ClFN3O3S2. The molecule has 0 bridgehead atoms. The maximum absolute atomic E-state index is 13.7. The van der Waals surface area contributed by atoms with Crippen LogP contribution >= 0.6 is 23.4 Å². The molecule has 1 N–H and O–H groups in total. The molecule has 0 atom stereocenters. The van der Waals surface area contributed by atoms with Crippen LogP contribution in [-0.4, -0.2) is 42.6 Å². The maximum atomic E-state index is 13.7. The first-order chi connectivity index (χ1) is 16.0. The monoisotopic (exact) mass is 525 g/mol. The van der Waals surface area contributed by atoms with Crippen LogP contribution in [0.2, 0.25) is 5.02 Å². The molecule has 0 aliphatic carbocycles. The Morgan fingerprint density at radius 2 is 1.88 bits per heavy atom. The Morgan fingerprint density at radius 1 is 1.21 bits per heavy atom. The summed E-state index contributed by atoms with van der Waals surface area (Å²) in [5, 5.41) is 0.705. The number of ether oxygens (including phenoxy) is 1. The largest absolute Gasteiger partial charge is 0.495 e. The van der Waals surface area contributed by atoms with E-state index in [1.54, 1.807) is 45.4 Å². The van der Waals surface area contributed by atoms with Gasteiger partial charge in [0.1, 0.15) is 11.6 Å². The Bertz CT molecular complexity index is 1240. The van der Waals surface area contributed by atoms with E-state index in [1.807, 2.05) is 16.7 Å². The molecule has 1 heterocycles. The van der Waals surface area contributed by atoms with E-state index in [0.717, 1.165) is 16.9 Å². The molecule has 184 valence electrons. The molecule has 0 spiro atoms. The summed E-state index contributed by atoms with van der Waals surface area (Å²) in [4.78, 5) is 4.63. The molecule has 0 radical (unpaired) electrons. The zero-order valence-electron chi connectivity index (χ0n) is 19.8. The number of nitrogens with one attached hydrogen (secondary N) is 1. The molecule has 0 unspecified atom stereocenters. The Balaban J connectivity index is 1.98. The van der Waals surface area contributed by atoms with E-state index in [2.05, 4.69) is 23.6 Å². The van der Waals surface area contributed by atoms with Crippen LogP contribution < -0.4 is 9.46 Å². The molecule has 0 amide bonds. The fourth-order valence-corrected chi connectivity index (χ4v) is 5.30.